The fourth-order valence-electron chi connectivity index (χ4n) is 2.55. The summed E-state index contributed by atoms with van der Waals surface area (Å²) in [7, 11) is 0. The van der Waals surface area contributed by atoms with Crippen molar-refractivity contribution < 1.29 is 18.7 Å². The minimum atomic E-state index is -0.553. The van der Waals surface area contributed by atoms with Crippen LogP contribution in [0.25, 0.3) is 5.57 Å². The summed E-state index contributed by atoms with van der Waals surface area (Å²) in [6, 6.07) is 6.82. The van der Waals surface area contributed by atoms with Crippen LogP contribution in [-0.4, -0.2) is 17.9 Å². The van der Waals surface area contributed by atoms with Gasteiger partial charge in [-0.3, -0.25) is 9.59 Å². The Morgan fingerprint density at radius 3 is 2.41 bits per heavy atom. The molecule has 4 heteroatoms. The number of benzene rings is 1. The lowest BCUT2D eigenvalue weighted by atomic mass is 9.85. The van der Waals surface area contributed by atoms with Gasteiger partial charge < -0.3 is 4.74 Å². The number of hydrogen-bond donors (Lipinski definition) is 0. The van der Waals surface area contributed by atoms with E-state index < -0.39 is 11.5 Å². The van der Waals surface area contributed by atoms with E-state index in [0.29, 0.717) is 24.0 Å². The van der Waals surface area contributed by atoms with Crippen molar-refractivity contribution in [2.75, 3.05) is 0 Å². The van der Waals surface area contributed by atoms with Crippen molar-refractivity contribution in [2.45, 2.75) is 45.6 Å². The molecule has 3 nitrogen and oxygen atoms in total. The molecule has 1 unspecified atom stereocenters. The van der Waals surface area contributed by atoms with Gasteiger partial charge in [0.2, 0.25) is 0 Å². The SMILES string of the molecule is CC(C)(C)OC(=O)C1CCC(c2ccc(C=O)cc2)=C(F)C1. The van der Waals surface area contributed by atoms with Crippen LogP contribution >= 0.6 is 0 Å². The third-order valence-electron chi connectivity index (χ3n) is 3.63. The summed E-state index contributed by atoms with van der Waals surface area (Å²) < 4.78 is 19.7. The van der Waals surface area contributed by atoms with E-state index in [-0.39, 0.29) is 18.2 Å². The van der Waals surface area contributed by atoms with Crippen LogP contribution in [0.5, 0.6) is 0 Å². The van der Waals surface area contributed by atoms with Crippen molar-refractivity contribution in [3.05, 3.63) is 41.2 Å². The third-order valence-corrected chi connectivity index (χ3v) is 3.63. The molecule has 0 aromatic heterocycles. The molecule has 1 aliphatic rings. The summed E-state index contributed by atoms with van der Waals surface area (Å²) in [4.78, 5) is 22.7. The number of halogens is 1. The normalized spacial score (nSPS) is 19.0. The lowest BCUT2D eigenvalue weighted by Gasteiger charge is -2.27. The molecular weight excluding hydrogens is 283 g/mol. The molecule has 0 bridgehead atoms. The average molecular weight is 304 g/mol. The predicted octanol–water partition coefficient (Wildman–Crippen LogP) is 4.32. The van der Waals surface area contributed by atoms with Crippen molar-refractivity contribution in [1.29, 1.82) is 0 Å². The first kappa shape index (κ1) is 16.4. The van der Waals surface area contributed by atoms with Gasteiger partial charge >= 0.3 is 5.97 Å². The number of rotatable bonds is 3. The molecule has 0 aliphatic heterocycles. The molecule has 0 saturated carbocycles. The average Bonchev–Trinajstić information content (AvgIpc) is 2.45. The highest BCUT2D eigenvalue weighted by molar-refractivity contribution is 5.79. The number of carbonyl (C=O) groups is 2. The van der Waals surface area contributed by atoms with Crippen molar-refractivity contribution >= 4 is 17.8 Å². The van der Waals surface area contributed by atoms with Crippen LogP contribution in [0.2, 0.25) is 0 Å². The van der Waals surface area contributed by atoms with Crippen molar-refractivity contribution in [3.63, 3.8) is 0 Å². The molecule has 22 heavy (non-hydrogen) atoms. The summed E-state index contributed by atoms with van der Waals surface area (Å²) in [5.74, 6) is -1.02. The Balaban J connectivity index is 2.11. The van der Waals surface area contributed by atoms with E-state index in [4.69, 9.17) is 4.74 Å². The van der Waals surface area contributed by atoms with Crippen LogP contribution in [0.3, 0.4) is 0 Å². The summed E-state index contributed by atoms with van der Waals surface area (Å²) in [5.41, 5.74) is 1.40. The van der Waals surface area contributed by atoms with E-state index in [2.05, 4.69) is 0 Å². The van der Waals surface area contributed by atoms with Gasteiger partial charge in [0, 0.05) is 12.0 Å². The topological polar surface area (TPSA) is 43.4 Å². The summed E-state index contributed by atoms with van der Waals surface area (Å²) in [5, 5.41) is 0. The molecule has 1 aromatic rings. The van der Waals surface area contributed by atoms with E-state index in [9.17, 15) is 14.0 Å². The molecule has 1 atom stereocenters. The lowest BCUT2D eigenvalue weighted by molar-refractivity contribution is -0.160. The number of allylic oxidation sites excluding steroid dienone is 2. The van der Waals surface area contributed by atoms with Gasteiger partial charge in [-0.2, -0.15) is 0 Å². The standard InChI is InChI=1S/C18H21FO3/c1-18(2,3)22-17(21)14-8-9-15(16(19)10-14)13-6-4-12(11-20)5-7-13/h4-7,11,14H,8-10H2,1-3H3. The Morgan fingerprint density at radius 1 is 1.27 bits per heavy atom. The maximum absolute atomic E-state index is 14.4. The van der Waals surface area contributed by atoms with Gasteiger partial charge in [0.05, 0.1) is 5.92 Å². The summed E-state index contributed by atoms with van der Waals surface area (Å²) >= 11 is 0. The zero-order valence-corrected chi connectivity index (χ0v) is 13.2. The molecule has 0 N–H and O–H groups in total. The van der Waals surface area contributed by atoms with Gasteiger partial charge in [-0.05, 0) is 44.7 Å². The highest BCUT2D eigenvalue weighted by atomic mass is 19.1. The lowest BCUT2D eigenvalue weighted by Crippen LogP contribution is -2.30. The second kappa shape index (κ2) is 6.42. The molecular formula is C18H21FO3. The number of carbonyl (C=O) groups excluding carboxylic acids is 2. The fraction of sp³-hybridized carbons (Fsp3) is 0.444. The Bertz CT molecular complexity index is 594. The highest BCUT2D eigenvalue weighted by Crippen LogP contribution is 2.37. The molecule has 0 radical (unpaired) electrons. The highest BCUT2D eigenvalue weighted by Gasteiger charge is 2.30. The monoisotopic (exact) mass is 304 g/mol. The van der Waals surface area contributed by atoms with E-state index in [1.54, 1.807) is 45.0 Å². The maximum atomic E-state index is 14.4. The molecule has 0 amide bonds. The predicted molar refractivity (Wildman–Crippen MR) is 83.0 cm³/mol. The molecule has 2 rings (SSSR count). The number of aldehydes is 1. The van der Waals surface area contributed by atoms with Gasteiger partial charge in [-0.1, -0.05) is 24.3 Å². The van der Waals surface area contributed by atoms with Gasteiger partial charge in [-0.25, -0.2) is 4.39 Å². The van der Waals surface area contributed by atoms with Gasteiger partial charge in [0.1, 0.15) is 17.7 Å². The van der Waals surface area contributed by atoms with Crippen LogP contribution < -0.4 is 0 Å². The molecule has 1 aliphatic carbocycles. The van der Waals surface area contributed by atoms with Crippen molar-refractivity contribution in [3.8, 4) is 0 Å². The van der Waals surface area contributed by atoms with Crippen LogP contribution in [0, 0.1) is 5.92 Å². The summed E-state index contributed by atoms with van der Waals surface area (Å²) in [6.07, 6.45) is 1.91. The fourth-order valence-corrected chi connectivity index (χ4v) is 2.55. The first-order chi connectivity index (χ1) is 10.3. The molecule has 0 fully saturated rings. The van der Waals surface area contributed by atoms with Crippen molar-refractivity contribution in [2.24, 2.45) is 5.92 Å². The number of esters is 1. The van der Waals surface area contributed by atoms with Gasteiger partial charge in [0.25, 0.3) is 0 Å². The van der Waals surface area contributed by atoms with Crippen LogP contribution in [-0.2, 0) is 9.53 Å². The molecule has 0 heterocycles. The second-order valence-corrected chi connectivity index (χ2v) is 6.60. The van der Waals surface area contributed by atoms with Crippen LogP contribution in [0.15, 0.2) is 30.1 Å². The van der Waals surface area contributed by atoms with Crippen molar-refractivity contribution in [1.82, 2.24) is 0 Å². The zero-order valence-electron chi connectivity index (χ0n) is 13.2. The molecule has 118 valence electrons. The Morgan fingerprint density at radius 2 is 1.91 bits per heavy atom. The smallest absolute Gasteiger partial charge is 0.309 e. The van der Waals surface area contributed by atoms with Gasteiger partial charge in [0.15, 0.2) is 0 Å². The van der Waals surface area contributed by atoms with E-state index >= 15 is 0 Å². The Kier molecular flexibility index (Phi) is 4.79. The summed E-state index contributed by atoms with van der Waals surface area (Å²) in [6.45, 7) is 5.42. The second-order valence-electron chi connectivity index (χ2n) is 6.60. The van der Waals surface area contributed by atoms with E-state index in [1.807, 2.05) is 0 Å². The Labute approximate surface area is 130 Å². The zero-order chi connectivity index (χ0) is 16.3. The molecule has 0 spiro atoms. The minimum Gasteiger partial charge on any atom is -0.460 e. The molecule has 0 saturated heterocycles. The first-order valence-electron chi connectivity index (χ1n) is 7.46. The van der Waals surface area contributed by atoms with Gasteiger partial charge in [-0.15, -0.1) is 0 Å². The number of hydrogen-bond acceptors (Lipinski definition) is 3. The van der Waals surface area contributed by atoms with E-state index in [0.717, 1.165) is 11.8 Å². The minimum absolute atomic E-state index is 0.0830. The maximum Gasteiger partial charge on any atom is 0.309 e. The van der Waals surface area contributed by atoms with E-state index in [1.165, 1.54) is 0 Å². The van der Waals surface area contributed by atoms with Crippen LogP contribution in [0.4, 0.5) is 4.39 Å². The molecule has 1 aromatic carbocycles. The number of ether oxygens (including phenoxy) is 1. The largest absolute Gasteiger partial charge is 0.460 e. The quantitative estimate of drug-likeness (QED) is 0.617. The Hall–Kier alpha value is -1.97. The first-order valence-corrected chi connectivity index (χ1v) is 7.46. The third kappa shape index (κ3) is 4.03. The van der Waals surface area contributed by atoms with Crippen LogP contribution in [0.1, 0.15) is 56.0 Å².